The Kier molecular flexibility index (Phi) is 6.16. The maximum absolute atomic E-state index is 12.1. The molecule has 0 spiro atoms. The first kappa shape index (κ1) is 21.4. The van der Waals surface area contributed by atoms with Crippen molar-refractivity contribution in [2.75, 3.05) is 11.0 Å². The lowest BCUT2D eigenvalue weighted by atomic mass is 10.0. The number of aryl methyl sites for hydroxylation is 1. The monoisotopic (exact) mass is 428 g/mol. The third kappa shape index (κ3) is 4.65. The summed E-state index contributed by atoms with van der Waals surface area (Å²) >= 11 is 0. The van der Waals surface area contributed by atoms with Gasteiger partial charge in [0, 0.05) is 11.8 Å². The van der Waals surface area contributed by atoms with Crippen LogP contribution in [0.3, 0.4) is 0 Å². The van der Waals surface area contributed by atoms with E-state index < -0.39 is 15.9 Å². The van der Waals surface area contributed by atoms with Crippen LogP contribution in [0.25, 0.3) is 17.1 Å². The van der Waals surface area contributed by atoms with Crippen molar-refractivity contribution in [2.45, 2.75) is 33.1 Å². The van der Waals surface area contributed by atoms with Crippen LogP contribution in [0.1, 0.15) is 41.4 Å². The first-order valence-electron chi connectivity index (χ1n) is 9.48. The second-order valence-corrected chi connectivity index (χ2v) is 8.78. The van der Waals surface area contributed by atoms with Crippen molar-refractivity contribution in [1.29, 1.82) is 0 Å². The Labute approximate surface area is 175 Å². The van der Waals surface area contributed by atoms with Crippen LogP contribution in [0.4, 0.5) is 5.69 Å². The first-order chi connectivity index (χ1) is 14.2. The lowest BCUT2D eigenvalue weighted by molar-refractivity contribution is 0.0994. The normalized spacial score (nSPS) is 11.4. The highest BCUT2D eigenvalue weighted by Crippen LogP contribution is 2.32. The Hall–Kier alpha value is -3.27. The number of hydrogen-bond donors (Lipinski definition) is 2. The molecule has 3 rings (SSSR count). The largest absolute Gasteiger partial charge is 0.364 e. The molecule has 3 heterocycles. The fourth-order valence-corrected chi connectivity index (χ4v) is 3.78. The summed E-state index contributed by atoms with van der Waals surface area (Å²) in [6, 6.07) is 5.29. The summed E-state index contributed by atoms with van der Waals surface area (Å²) in [5.74, 6) is -0.613. The van der Waals surface area contributed by atoms with E-state index in [1.165, 1.54) is 6.20 Å². The number of hydrogen-bond acceptors (Lipinski definition) is 6. The Balaban J connectivity index is 2.25. The summed E-state index contributed by atoms with van der Waals surface area (Å²) in [5.41, 5.74) is 9.52. The standard InChI is InChI=1S/C20H24N6O3S/c1-4-5-8-16-18(20(21)27)24-26(15-7-6-9-22-12-15)19(16)17-13(2)10-14(11-23-17)25-30(3,28)29/h6-7,9-12,25H,4-5,8H2,1-3H3,(H2,21,27). The van der Waals surface area contributed by atoms with E-state index in [1.54, 1.807) is 29.2 Å². The summed E-state index contributed by atoms with van der Waals surface area (Å²) < 4.78 is 27.1. The smallest absolute Gasteiger partial charge is 0.269 e. The van der Waals surface area contributed by atoms with Gasteiger partial charge in [0.1, 0.15) is 0 Å². The fraction of sp³-hybridized carbons (Fsp3) is 0.300. The number of carbonyl (C=O) groups is 1. The molecule has 3 N–H and O–H groups in total. The molecule has 3 aromatic rings. The molecule has 0 aliphatic heterocycles. The number of rotatable bonds is 8. The number of aromatic nitrogens is 4. The molecule has 0 radical (unpaired) electrons. The molecule has 10 heteroatoms. The van der Waals surface area contributed by atoms with E-state index in [9.17, 15) is 13.2 Å². The number of anilines is 1. The quantitative estimate of drug-likeness (QED) is 0.566. The van der Waals surface area contributed by atoms with Crippen molar-refractivity contribution < 1.29 is 13.2 Å². The van der Waals surface area contributed by atoms with Crippen molar-refractivity contribution in [2.24, 2.45) is 5.73 Å². The second-order valence-electron chi connectivity index (χ2n) is 7.03. The predicted octanol–water partition coefficient (Wildman–Crippen LogP) is 2.45. The van der Waals surface area contributed by atoms with Crippen LogP contribution in [-0.2, 0) is 16.4 Å². The molecule has 3 aromatic heterocycles. The Morgan fingerprint density at radius 2 is 2.07 bits per heavy atom. The van der Waals surface area contributed by atoms with Crippen molar-refractivity contribution in [3.05, 3.63) is 53.6 Å². The highest BCUT2D eigenvalue weighted by atomic mass is 32.2. The summed E-state index contributed by atoms with van der Waals surface area (Å²) in [5, 5.41) is 4.48. The van der Waals surface area contributed by atoms with Crippen LogP contribution in [0.2, 0.25) is 0 Å². The van der Waals surface area contributed by atoms with Gasteiger partial charge in [-0.1, -0.05) is 13.3 Å². The van der Waals surface area contributed by atoms with Gasteiger partial charge in [0.15, 0.2) is 5.69 Å². The number of sulfonamides is 1. The maximum Gasteiger partial charge on any atom is 0.269 e. The van der Waals surface area contributed by atoms with Gasteiger partial charge >= 0.3 is 0 Å². The molecule has 9 nitrogen and oxygen atoms in total. The number of pyridine rings is 2. The highest BCUT2D eigenvalue weighted by molar-refractivity contribution is 7.92. The highest BCUT2D eigenvalue weighted by Gasteiger charge is 2.25. The number of nitrogens with zero attached hydrogens (tertiary/aromatic N) is 4. The molecule has 0 atom stereocenters. The van der Waals surface area contributed by atoms with Crippen molar-refractivity contribution in [1.82, 2.24) is 19.7 Å². The molecule has 1 amide bonds. The molecule has 0 aliphatic carbocycles. The zero-order valence-corrected chi connectivity index (χ0v) is 17.9. The van der Waals surface area contributed by atoms with E-state index in [4.69, 9.17) is 5.73 Å². The molecule has 158 valence electrons. The zero-order valence-electron chi connectivity index (χ0n) is 17.1. The minimum atomic E-state index is -3.43. The summed E-state index contributed by atoms with van der Waals surface area (Å²) in [4.78, 5) is 20.8. The molecule has 30 heavy (non-hydrogen) atoms. The van der Waals surface area contributed by atoms with Crippen LogP contribution in [-0.4, -0.2) is 40.3 Å². The molecule has 0 aromatic carbocycles. The lowest BCUT2D eigenvalue weighted by Crippen LogP contribution is -2.14. The average Bonchev–Trinajstić information content (AvgIpc) is 3.05. The van der Waals surface area contributed by atoms with Gasteiger partial charge in [-0.15, -0.1) is 0 Å². The maximum atomic E-state index is 12.1. The van der Waals surface area contributed by atoms with Gasteiger partial charge < -0.3 is 5.73 Å². The molecule has 0 unspecified atom stereocenters. The Bertz CT molecular complexity index is 1170. The van der Waals surface area contributed by atoms with Crippen molar-refractivity contribution >= 4 is 21.6 Å². The van der Waals surface area contributed by atoms with E-state index in [0.29, 0.717) is 34.7 Å². The molecule has 0 aliphatic rings. The third-order valence-electron chi connectivity index (χ3n) is 4.49. The second kappa shape index (κ2) is 8.62. The lowest BCUT2D eigenvalue weighted by Gasteiger charge is -2.13. The minimum Gasteiger partial charge on any atom is -0.364 e. The van der Waals surface area contributed by atoms with E-state index in [-0.39, 0.29) is 5.69 Å². The van der Waals surface area contributed by atoms with Crippen LogP contribution < -0.4 is 10.5 Å². The number of nitrogens with two attached hydrogens (primary N) is 1. The van der Waals surface area contributed by atoms with Gasteiger partial charge in [0.25, 0.3) is 5.91 Å². The molecule has 0 saturated carbocycles. The number of amides is 1. The average molecular weight is 429 g/mol. The van der Waals surface area contributed by atoms with E-state index in [0.717, 1.165) is 24.7 Å². The van der Waals surface area contributed by atoms with Gasteiger partial charge in [-0.3, -0.25) is 19.5 Å². The fourth-order valence-electron chi connectivity index (χ4n) is 3.24. The topological polar surface area (TPSA) is 133 Å². The van der Waals surface area contributed by atoms with Crippen molar-refractivity contribution in [3.8, 4) is 17.1 Å². The zero-order chi connectivity index (χ0) is 21.9. The number of unbranched alkanes of at least 4 members (excludes halogenated alkanes) is 1. The minimum absolute atomic E-state index is 0.196. The van der Waals surface area contributed by atoms with Crippen LogP contribution >= 0.6 is 0 Å². The molecule has 0 fully saturated rings. The van der Waals surface area contributed by atoms with Gasteiger partial charge in [0.05, 0.1) is 41.4 Å². The SMILES string of the molecule is CCCCc1c(C(N)=O)nn(-c2cccnc2)c1-c1ncc(NS(C)(=O)=O)cc1C. The summed E-state index contributed by atoms with van der Waals surface area (Å²) in [7, 11) is -3.43. The Morgan fingerprint density at radius 3 is 2.63 bits per heavy atom. The Morgan fingerprint density at radius 1 is 1.30 bits per heavy atom. The summed E-state index contributed by atoms with van der Waals surface area (Å²) in [6.45, 7) is 3.88. The van der Waals surface area contributed by atoms with Gasteiger partial charge in [0.2, 0.25) is 10.0 Å². The van der Waals surface area contributed by atoms with E-state index >= 15 is 0 Å². The molecular formula is C20H24N6O3S. The number of primary amides is 1. The molecular weight excluding hydrogens is 404 g/mol. The summed E-state index contributed by atoms with van der Waals surface area (Å²) in [6.07, 6.45) is 8.19. The van der Waals surface area contributed by atoms with E-state index in [2.05, 4.69) is 26.7 Å². The molecule has 0 saturated heterocycles. The van der Waals surface area contributed by atoms with Gasteiger partial charge in [-0.05, 0) is 43.5 Å². The van der Waals surface area contributed by atoms with E-state index in [1.807, 2.05) is 13.0 Å². The predicted molar refractivity (Wildman–Crippen MR) is 115 cm³/mol. The molecule has 0 bridgehead atoms. The number of nitrogens with one attached hydrogen (secondary N) is 1. The van der Waals surface area contributed by atoms with Crippen molar-refractivity contribution in [3.63, 3.8) is 0 Å². The number of carbonyl (C=O) groups excluding carboxylic acids is 1. The van der Waals surface area contributed by atoms with Gasteiger partial charge in [-0.25, -0.2) is 13.1 Å². The van der Waals surface area contributed by atoms with Gasteiger partial charge in [-0.2, -0.15) is 5.10 Å². The van der Waals surface area contributed by atoms with Crippen LogP contribution in [0.5, 0.6) is 0 Å². The van der Waals surface area contributed by atoms with Crippen LogP contribution in [0.15, 0.2) is 36.8 Å². The first-order valence-corrected chi connectivity index (χ1v) is 11.4. The third-order valence-corrected chi connectivity index (χ3v) is 5.10. The van der Waals surface area contributed by atoms with Crippen LogP contribution in [0, 0.1) is 6.92 Å².